The predicted octanol–water partition coefficient (Wildman–Crippen LogP) is 3.22. The van der Waals surface area contributed by atoms with Crippen LogP contribution in [0.2, 0.25) is 0 Å². The van der Waals surface area contributed by atoms with E-state index in [0.717, 1.165) is 12.1 Å². The van der Waals surface area contributed by atoms with Gasteiger partial charge < -0.3 is 20.7 Å². The maximum atomic E-state index is 13.8. The van der Waals surface area contributed by atoms with Gasteiger partial charge in [0.25, 0.3) is 0 Å². The van der Waals surface area contributed by atoms with Crippen molar-refractivity contribution in [1.82, 2.24) is 5.32 Å². The average molecular weight is 377 g/mol. The van der Waals surface area contributed by atoms with Crippen LogP contribution in [-0.4, -0.2) is 25.5 Å². The standard InChI is InChI=1S/C19H21F2N3O3/c1-11(15-6-4-13(20)8-16(15)21)22-10-19(26)24-17-9-14(23-12(2)25)5-7-18(17)27-3/h4-9,11,22H,10H2,1-3H3,(H,23,25)(H,24,26)/t11-/m1/s1. The second kappa shape index (κ2) is 9.09. The Morgan fingerprint density at radius 1 is 1.11 bits per heavy atom. The van der Waals surface area contributed by atoms with Gasteiger partial charge in [0, 0.05) is 30.3 Å². The van der Waals surface area contributed by atoms with Crippen LogP contribution in [0.4, 0.5) is 20.2 Å². The number of halogens is 2. The molecule has 2 aromatic carbocycles. The van der Waals surface area contributed by atoms with Crippen molar-refractivity contribution in [3.05, 3.63) is 53.6 Å². The molecule has 0 spiro atoms. The Balaban J connectivity index is 2.01. The van der Waals surface area contributed by atoms with Gasteiger partial charge in [0.2, 0.25) is 11.8 Å². The maximum absolute atomic E-state index is 13.8. The van der Waals surface area contributed by atoms with E-state index in [9.17, 15) is 18.4 Å². The Morgan fingerprint density at radius 3 is 2.48 bits per heavy atom. The smallest absolute Gasteiger partial charge is 0.238 e. The highest BCUT2D eigenvalue weighted by atomic mass is 19.1. The number of methoxy groups -OCH3 is 1. The Labute approximate surface area is 155 Å². The molecule has 3 N–H and O–H groups in total. The summed E-state index contributed by atoms with van der Waals surface area (Å²) in [6, 6.07) is 7.63. The lowest BCUT2D eigenvalue weighted by Crippen LogP contribution is -2.30. The molecule has 0 radical (unpaired) electrons. The van der Waals surface area contributed by atoms with Crippen LogP contribution >= 0.6 is 0 Å². The van der Waals surface area contributed by atoms with Crippen LogP contribution in [0.1, 0.15) is 25.5 Å². The SMILES string of the molecule is COc1ccc(NC(C)=O)cc1NC(=O)CN[C@H](C)c1ccc(F)cc1F. The summed E-state index contributed by atoms with van der Waals surface area (Å²) in [4.78, 5) is 23.4. The third-order valence-corrected chi connectivity index (χ3v) is 3.79. The lowest BCUT2D eigenvalue weighted by atomic mass is 10.1. The number of carbonyl (C=O) groups excluding carboxylic acids is 2. The van der Waals surface area contributed by atoms with Gasteiger partial charge in [-0.2, -0.15) is 0 Å². The van der Waals surface area contributed by atoms with Crippen LogP contribution in [0, 0.1) is 11.6 Å². The Bertz CT molecular complexity index is 843. The summed E-state index contributed by atoms with van der Waals surface area (Å²) >= 11 is 0. The highest BCUT2D eigenvalue weighted by molar-refractivity contribution is 5.95. The van der Waals surface area contributed by atoms with Crippen molar-refractivity contribution >= 4 is 23.2 Å². The van der Waals surface area contributed by atoms with E-state index in [4.69, 9.17) is 4.74 Å². The fourth-order valence-electron chi connectivity index (χ4n) is 2.49. The van der Waals surface area contributed by atoms with Gasteiger partial charge in [0.05, 0.1) is 19.3 Å². The molecule has 0 saturated heterocycles. The van der Waals surface area contributed by atoms with Crippen LogP contribution in [0.15, 0.2) is 36.4 Å². The number of rotatable bonds is 7. The molecule has 0 fully saturated rings. The van der Waals surface area contributed by atoms with Crippen molar-refractivity contribution in [2.45, 2.75) is 19.9 Å². The third-order valence-electron chi connectivity index (χ3n) is 3.79. The second-order valence-electron chi connectivity index (χ2n) is 5.91. The first-order valence-electron chi connectivity index (χ1n) is 8.24. The Morgan fingerprint density at radius 2 is 1.85 bits per heavy atom. The van der Waals surface area contributed by atoms with Crippen molar-refractivity contribution in [2.75, 3.05) is 24.3 Å². The number of amides is 2. The number of nitrogens with one attached hydrogen (secondary N) is 3. The quantitative estimate of drug-likeness (QED) is 0.692. The summed E-state index contributed by atoms with van der Waals surface area (Å²) in [5.41, 5.74) is 1.15. The molecule has 6 nitrogen and oxygen atoms in total. The third kappa shape index (κ3) is 5.75. The second-order valence-corrected chi connectivity index (χ2v) is 5.91. The van der Waals surface area contributed by atoms with E-state index in [2.05, 4.69) is 16.0 Å². The molecule has 0 aromatic heterocycles. The highest BCUT2D eigenvalue weighted by Crippen LogP contribution is 2.27. The average Bonchev–Trinajstić information content (AvgIpc) is 2.59. The molecule has 144 valence electrons. The number of hydrogen-bond donors (Lipinski definition) is 3. The van der Waals surface area contributed by atoms with Gasteiger partial charge >= 0.3 is 0 Å². The molecule has 8 heteroatoms. The molecule has 1 atom stereocenters. The lowest BCUT2D eigenvalue weighted by Gasteiger charge is -2.16. The first kappa shape index (κ1) is 20.3. The van der Waals surface area contributed by atoms with Crippen molar-refractivity contribution in [2.24, 2.45) is 0 Å². The van der Waals surface area contributed by atoms with Crippen molar-refractivity contribution in [3.8, 4) is 5.75 Å². The van der Waals surface area contributed by atoms with Gasteiger partial charge in [-0.25, -0.2) is 8.78 Å². The van der Waals surface area contributed by atoms with Gasteiger partial charge in [0.1, 0.15) is 17.4 Å². The molecule has 0 aliphatic heterocycles. The minimum Gasteiger partial charge on any atom is -0.495 e. The molecular formula is C19H21F2N3O3. The van der Waals surface area contributed by atoms with Crippen LogP contribution in [-0.2, 0) is 9.59 Å². The van der Waals surface area contributed by atoms with E-state index >= 15 is 0 Å². The molecule has 2 aromatic rings. The zero-order valence-corrected chi connectivity index (χ0v) is 15.2. The molecule has 2 amide bonds. The summed E-state index contributed by atoms with van der Waals surface area (Å²) in [6.45, 7) is 2.94. The maximum Gasteiger partial charge on any atom is 0.238 e. The van der Waals surface area contributed by atoms with Gasteiger partial charge in [-0.15, -0.1) is 0 Å². The number of anilines is 2. The Hall–Kier alpha value is -3.00. The predicted molar refractivity (Wildman–Crippen MR) is 98.7 cm³/mol. The molecule has 2 rings (SSSR count). The minimum absolute atomic E-state index is 0.106. The van der Waals surface area contributed by atoms with Gasteiger partial charge in [-0.05, 0) is 31.2 Å². The topological polar surface area (TPSA) is 79.5 Å². The zero-order valence-electron chi connectivity index (χ0n) is 15.2. The molecule has 0 unspecified atom stereocenters. The van der Waals surface area contributed by atoms with Gasteiger partial charge in [-0.3, -0.25) is 9.59 Å². The van der Waals surface area contributed by atoms with Gasteiger partial charge in [-0.1, -0.05) is 6.07 Å². The van der Waals surface area contributed by atoms with Crippen LogP contribution in [0.3, 0.4) is 0 Å². The number of hydrogen-bond acceptors (Lipinski definition) is 4. The molecule has 27 heavy (non-hydrogen) atoms. The lowest BCUT2D eigenvalue weighted by molar-refractivity contribution is -0.115. The monoisotopic (exact) mass is 377 g/mol. The van der Waals surface area contributed by atoms with E-state index in [1.165, 1.54) is 20.1 Å². The summed E-state index contributed by atoms with van der Waals surface area (Å²) in [5, 5.41) is 8.17. The number of carbonyl (C=O) groups is 2. The summed E-state index contributed by atoms with van der Waals surface area (Å²) < 4.78 is 32.0. The van der Waals surface area contributed by atoms with Crippen molar-refractivity contribution in [3.63, 3.8) is 0 Å². The number of benzene rings is 2. The van der Waals surface area contributed by atoms with Crippen molar-refractivity contribution < 1.29 is 23.1 Å². The summed E-state index contributed by atoms with van der Waals surface area (Å²) in [7, 11) is 1.46. The Kier molecular flexibility index (Phi) is 6.84. The van der Waals surface area contributed by atoms with E-state index in [-0.39, 0.29) is 23.9 Å². The van der Waals surface area contributed by atoms with E-state index in [0.29, 0.717) is 17.1 Å². The first-order chi connectivity index (χ1) is 12.8. The normalized spacial score (nSPS) is 11.6. The zero-order chi connectivity index (χ0) is 20.0. The van der Waals surface area contributed by atoms with Crippen LogP contribution in [0.5, 0.6) is 5.75 Å². The van der Waals surface area contributed by atoms with Gasteiger partial charge in [0.15, 0.2) is 0 Å². The molecular weight excluding hydrogens is 356 g/mol. The van der Waals surface area contributed by atoms with E-state index in [1.807, 2.05) is 0 Å². The molecule has 0 saturated carbocycles. The van der Waals surface area contributed by atoms with Crippen LogP contribution < -0.4 is 20.7 Å². The van der Waals surface area contributed by atoms with Crippen LogP contribution in [0.25, 0.3) is 0 Å². The highest BCUT2D eigenvalue weighted by Gasteiger charge is 2.14. The molecule has 0 aliphatic rings. The minimum atomic E-state index is -0.680. The molecule has 0 heterocycles. The molecule has 0 aliphatic carbocycles. The molecule has 0 bridgehead atoms. The fourth-order valence-corrected chi connectivity index (χ4v) is 2.49. The summed E-state index contributed by atoms with van der Waals surface area (Å²) in [6.07, 6.45) is 0. The van der Waals surface area contributed by atoms with E-state index in [1.54, 1.807) is 25.1 Å². The largest absolute Gasteiger partial charge is 0.495 e. The summed E-state index contributed by atoms with van der Waals surface area (Å²) in [5.74, 6) is -1.54. The fraction of sp³-hybridized carbons (Fsp3) is 0.263. The van der Waals surface area contributed by atoms with Crippen molar-refractivity contribution in [1.29, 1.82) is 0 Å². The first-order valence-corrected chi connectivity index (χ1v) is 8.24. The number of ether oxygens (including phenoxy) is 1. The van der Waals surface area contributed by atoms with E-state index < -0.39 is 17.7 Å².